The molecule has 1 aliphatic rings. The second-order valence-electron chi connectivity index (χ2n) is 5.13. The van der Waals surface area contributed by atoms with E-state index in [1.165, 1.54) is 19.3 Å². The van der Waals surface area contributed by atoms with E-state index in [9.17, 15) is 4.79 Å². The summed E-state index contributed by atoms with van der Waals surface area (Å²) < 4.78 is 0. The van der Waals surface area contributed by atoms with E-state index in [0.29, 0.717) is 6.42 Å². The van der Waals surface area contributed by atoms with Crippen LogP contribution in [0.25, 0.3) is 0 Å². The van der Waals surface area contributed by atoms with Crippen LogP contribution in [0, 0.1) is 0 Å². The first-order chi connectivity index (χ1) is 8.10. The maximum Gasteiger partial charge on any atom is 0.159 e. The molecule has 2 heterocycles. The molecular weight excluding hydrogens is 232 g/mol. The van der Waals surface area contributed by atoms with Gasteiger partial charge in [0.05, 0.1) is 17.0 Å². The molecule has 1 aromatic rings. The van der Waals surface area contributed by atoms with Crippen LogP contribution >= 0.6 is 11.3 Å². The Labute approximate surface area is 107 Å². The molecular formula is C13H20N2OS. The van der Waals surface area contributed by atoms with Gasteiger partial charge < -0.3 is 0 Å². The molecule has 3 nitrogen and oxygen atoms in total. The van der Waals surface area contributed by atoms with Crippen molar-refractivity contribution in [1.29, 1.82) is 0 Å². The minimum absolute atomic E-state index is 0.286. The Morgan fingerprint density at radius 1 is 1.41 bits per heavy atom. The Morgan fingerprint density at radius 2 is 2.12 bits per heavy atom. The summed E-state index contributed by atoms with van der Waals surface area (Å²) in [5, 5.41) is 2.86. The molecule has 0 spiro atoms. The third-order valence-corrected chi connectivity index (χ3v) is 4.40. The lowest BCUT2D eigenvalue weighted by Crippen LogP contribution is -2.52. The molecule has 94 valence electrons. The van der Waals surface area contributed by atoms with Crippen molar-refractivity contribution in [1.82, 2.24) is 9.88 Å². The van der Waals surface area contributed by atoms with E-state index in [1.54, 1.807) is 17.5 Å². The van der Waals surface area contributed by atoms with Crippen molar-refractivity contribution in [2.24, 2.45) is 0 Å². The normalized spacial score (nSPS) is 18.2. The predicted octanol–water partition coefficient (Wildman–Crippen LogP) is 2.52. The van der Waals surface area contributed by atoms with Crippen LogP contribution in [0.4, 0.5) is 0 Å². The predicted molar refractivity (Wildman–Crippen MR) is 70.3 cm³/mol. The van der Waals surface area contributed by atoms with Crippen LogP contribution in [0.2, 0.25) is 0 Å². The second-order valence-corrected chi connectivity index (χ2v) is 6.11. The van der Waals surface area contributed by atoms with Gasteiger partial charge in [-0.1, -0.05) is 6.42 Å². The summed E-state index contributed by atoms with van der Waals surface area (Å²) in [6, 6.07) is 0. The van der Waals surface area contributed by atoms with Gasteiger partial charge in [0.2, 0.25) is 0 Å². The average molecular weight is 252 g/mol. The lowest BCUT2D eigenvalue weighted by Gasteiger charge is -2.39. The molecule has 4 heteroatoms. The van der Waals surface area contributed by atoms with Gasteiger partial charge in [-0.3, -0.25) is 9.69 Å². The van der Waals surface area contributed by atoms with Gasteiger partial charge >= 0.3 is 0 Å². The van der Waals surface area contributed by atoms with Crippen molar-refractivity contribution >= 4 is 17.1 Å². The zero-order valence-corrected chi connectivity index (χ0v) is 11.4. The molecule has 1 saturated heterocycles. The van der Waals surface area contributed by atoms with Crippen LogP contribution < -0.4 is 0 Å². The molecule has 17 heavy (non-hydrogen) atoms. The highest BCUT2D eigenvalue weighted by Gasteiger charge is 2.34. The standard InChI is InChI=1S/C13H20N2OS/c1-13(2,15-7-4-3-5-8-15)11(16)10-12-14-6-9-17-12/h6,9H,3-5,7-8,10H2,1-2H3. The van der Waals surface area contributed by atoms with Crippen molar-refractivity contribution in [2.45, 2.75) is 45.1 Å². The maximum absolute atomic E-state index is 12.4. The fourth-order valence-electron chi connectivity index (χ4n) is 2.32. The van der Waals surface area contributed by atoms with Gasteiger partial charge in [0.1, 0.15) is 0 Å². The first kappa shape index (κ1) is 12.7. The number of rotatable bonds is 4. The van der Waals surface area contributed by atoms with Crippen LogP contribution in [-0.2, 0) is 11.2 Å². The molecule has 0 amide bonds. The van der Waals surface area contributed by atoms with Gasteiger partial charge in [-0.05, 0) is 39.8 Å². The van der Waals surface area contributed by atoms with Gasteiger partial charge in [0.25, 0.3) is 0 Å². The van der Waals surface area contributed by atoms with Gasteiger partial charge in [-0.15, -0.1) is 11.3 Å². The largest absolute Gasteiger partial charge is 0.297 e. The molecule has 0 radical (unpaired) electrons. The minimum Gasteiger partial charge on any atom is -0.297 e. The van der Waals surface area contributed by atoms with E-state index in [2.05, 4.69) is 9.88 Å². The van der Waals surface area contributed by atoms with Crippen LogP contribution in [0.3, 0.4) is 0 Å². The molecule has 0 aromatic carbocycles. The Balaban J connectivity index is 2.00. The number of carbonyl (C=O) groups excluding carboxylic acids is 1. The quantitative estimate of drug-likeness (QED) is 0.825. The minimum atomic E-state index is -0.341. The number of hydrogen-bond donors (Lipinski definition) is 0. The molecule has 2 rings (SSSR count). The summed E-state index contributed by atoms with van der Waals surface area (Å²) in [7, 11) is 0. The lowest BCUT2D eigenvalue weighted by atomic mass is 9.92. The summed E-state index contributed by atoms with van der Waals surface area (Å²) in [5.74, 6) is 0.286. The first-order valence-electron chi connectivity index (χ1n) is 6.27. The maximum atomic E-state index is 12.4. The number of aromatic nitrogens is 1. The average Bonchev–Trinajstić information content (AvgIpc) is 2.83. The number of ketones is 1. The lowest BCUT2D eigenvalue weighted by molar-refractivity contribution is -0.129. The fourth-order valence-corrected chi connectivity index (χ4v) is 2.94. The summed E-state index contributed by atoms with van der Waals surface area (Å²) in [6.45, 7) is 6.20. The SMILES string of the molecule is CC(C)(C(=O)Cc1nccs1)N1CCCCC1. The summed E-state index contributed by atoms with van der Waals surface area (Å²) in [5.41, 5.74) is -0.341. The Kier molecular flexibility index (Phi) is 3.94. The highest BCUT2D eigenvalue weighted by atomic mass is 32.1. The van der Waals surface area contributed by atoms with Crippen LogP contribution in [0.5, 0.6) is 0 Å². The summed E-state index contributed by atoms with van der Waals surface area (Å²) in [6.07, 6.45) is 5.97. The molecule has 0 saturated carbocycles. The number of carbonyl (C=O) groups is 1. The zero-order chi connectivity index (χ0) is 12.3. The molecule has 1 aliphatic heterocycles. The molecule has 0 aliphatic carbocycles. The number of nitrogens with zero attached hydrogens (tertiary/aromatic N) is 2. The third kappa shape index (κ3) is 2.93. The number of likely N-dealkylation sites (tertiary alicyclic amines) is 1. The fraction of sp³-hybridized carbons (Fsp3) is 0.692. The second kappa shape index (κ2) is 5.27. The van der Waals surface area contributed by atoms with Crippen LogP contribution in [0.1, 0.15) is 38.1 Å². The van der Waals surface area contributed by atoms with Crippen LogP contribution in [0.15, 0.2) is 11.6 Å². The topological polar surface area (TPSA) is 33.2 Å². The van der Waals surface area contributed by atoms with Crippen molar-refractivity contribution in [3.63, 3.8) is 0 Å². The van der Waals surface area contributed by atoms with E-state index in [1.807, 2.05) is 19.2 Å². The molecule has 0 N–H and O–H groups in total. The Morgan fingerprint density at radius 3 is 2.71 bits per heavy atom. The summed E-state index contributed by atoms with van der Waals surface area (Å²) in [4.78, 5) is 18.9. The van der Waals surface area contributed by atoms with Gasteiger partial charge in [-0.25, -0.2) is 4.98 Å². The summed E-state index contributed by atoms with van der Waals surface area (Å²) >= 11 is 1.56. The molecule has 0 unspecified atom stereocenters. The number of hydrogen-bond acceptors (Lipinski definition) is 4. The van der Waals surface area contributed by atoms with Gasteiger partial charge in [0, 0.05) is 11.6 Å². The smallest absolute Gasteiger partial charge is 0.159 e. The van der Waals surface area contributed by atoms with Crippen molar-refractivity contribution < 1.29 is 4.79 Å². The third-order valence-electron chi connectivity index (χ3n) is 3.62. The van der Waals surface area contributed by atoms with Crippen LogP contribution in [-0.4, -0.2) is 34.3 Å². The molecule has 0 atom stereocenters. The van der Waals surface area contributed by atoms with E-state index in [-0.39, 0.29) is 11.3 Å². The van der Waals surface area contributed by atoms with Crippen molar-refractivity contribution in [2.75, 3.05) is 13.1 Å². The van der Waals surface area contributed by atoms with Gasteiger partial charge in [0.15, 0.2) is 5.78 Å². The highest BCUT2D eigenvalue weighted by molar-refractivity contribution is 7.09. The molecule has 1 aromatic heterocycles. The van der Waals surface area contributed by atoms with Crippen molar-refractivity contribution in [3.8, 4) is 0 Å². The van der Waals surface area contributed by atoms with Gasteiger partial charge in [-0.2, -0.15) is 0 Å². The highest BCUT2D eigenvalue weighted by Crippen LogP contribution is 2.23. The Hall–Kier alpha value is -0.740. The number of thiazole rings is 1. The van der Waals surface area contributed by atoms with E-state index >= 15 is 0 Å². The Bertz CT molecular complexity index is 367. The number of Topliss-reactive ketones (excluding diaryl/α,β-unsaturated/α-hetero) is 1. The van der Waals surface area contributed by atoms with E-state index in [4.69, 9.17) is 0 Å². The van der Waals surface area contributed by atoms with E-state index < -0.39 is 0 Å². The first-order valence-corrected chi connectivity index (χ1v) is 7.15. The monoisotopic (exact) mass is 252 g/mol. The number of piperidine rings is 1. The molecule has 0 bridgehead atoms. The molecule has 1 fully saturated rings. The van der Waals surface area contributed by atoms with Crippen molar-refractivity contribution in [3.05, 3.63) is 16.6 Å². The van der Waals surface area contributed by atoms with E-state index in [0.717, 1.165) is 18.1 Å². The zero-order valence-electron chi connectivity index (χ0n) is 10.6.